The third-order valence-corrected chi connectivity index (χ3v) is 4.56. The summed E-state index contributed by atoms with van der Waals surface area (Å²) in [6.45, 7) is 8.66. The number of ether oxygens (including phenoxy) is 1. The van der Waals surface area contributed by atoms with Crippen LogP contribution >= 0.6 is 11.3 Å². The van der Waals surface area contributed by atoms with Gasteiger partial charge >= 0.3 is 0 Å². The van der Waals surface area contributed by atoms with E-state index in [0.717, 1.165) is 12.2 Å². The molecule has 114 valence electrons. The highest BCUT2D eigenvalue weighted by Crippen LogP contribution is 2.29. The summed E-state index contributed by atoms with van der Waals surface area (Å²) in [5, 5.41) is 4.19. The van der Waals surface area contributed by atoms with Crippen molar-refractivity contribution in [2.75, 3.05) is 0 Å². The SMILES string of the molecule is CCC(N)C(Oc1ccc(C(C)C)c(C)c1)c1ccsc1. The van der Waals surface area contributed by atoms with E-state index in [0.29, 0.717) is 5.92 Å². The highest BCUT2D eigenvalue weighted by molar-refractivity contribution is 7.07. The van der Waals surface area contributed by atoms with E-state index in [4.69, 9.17) is 10.5 Å². The highest BCUT2D eigenvalue weighted by atomic mass is 32.1. The summed E-state index contributed by atoms with van der Waals surface area (Å²) in [5.74, 6) is 1.43. The molecule has 0 radical (unpaired) electrons. The molecular formula is C18H25NOS. The Kier molecular flexibility index (Phi) is 5.43. The minimum Gasteiger partial charge on any atom is -0.484 e. The maximum Gasteiger partial charge on any atom is 0.140 e. The minimum absolute atomic E-state index is 0.00433. The van der Waals surface area contributed by atoms with E-state index in [2.05, 4.69) is 62.7 Å². The maximum absolute atomic E-state index is 6.25. The van der Waals surface area contributed by atoms with Crippen molar-refractivity contribution in [3.8, 4) is 5.75 Å². The van der Waals surface area contributed by atoms with Crippen LogP contribution in [0.25, 0.3) is 0 Å². The Morgan fingerprint density at radius 1 is 1.24 bits per heavy atom. The van der Waals surface area contributed by atoms with Gasteiger partial charge in [0.15, 0.2) is 0 Å². The molecule has 2 nitrogen and oxygen atoms in total. The fourth-order valence-corrected chi connectivity index (χ4v) is 3.25. The third-order valence-electron chi connectivity index (χ3n) is 3.86. The van der Waals surface area contributed by atoms with Gasteiger partial charge < -0.3 is 10.5 Å². The first-order valence-corrected chi connectivity index (χ1v) is 8.52. The second-order valence-electron chi connectivity index (χ2n) is 5.84. The van der Waals surface area contributed by atoms with Crippen LogP contribution < -0.4 is 10.5 Å². The van der Waals surface area contributed by atoms with Crippen LogP contribution in [0.4, 0.5) is 0 Å². The van der Waals surface area contributed by atoms with Crippen molar-refractivity contribution in [2.24, 2.45) is 5.73 Å². The van der Waals surface area contributed by atoms with E-state index < -0.39 is 0 Å². The summed E-state index contributed by atoms with van der Waals surface area (Å²) in [6, 6.07) is 8.45. The van der Waals surface area contributed by atoms with Gasteiger partial charge in [-0.1, -0.05) is 26.8 Å². The molecule has 21 heavy (non-hydrogen) atoms. The van der Waals surface area contributed by atoms with Crippen LogP contribution in [-0.4, -0.2) is 6.04 Å². The lowest BCUT2D eigenvalue weighted by Gasteiger charge is -2.24. The molecule has 2 aromatic rings. The van der Waals surface area contributed by atoms with Crippen molar-refractivity contribution in [1.82, 2.24) is 0 Å². The monoisotopic (exact) mass is 303 g/mol. The Balaban J connectivity index is 2.23. The predicted octanol–water partition coefficient (Wildman–Crippen LogP) is 5.04. The van der Waals surface area contributed by atoms with Crippen molar-refractivity contribution < 1.29 is 4.74 Å². The van der Waals surface area contributed by atoms with Crippen molar-refractivity contribution in [1.29, 1.82) is 0 Å². The quantitative estimate of drug-likeness (QED) is 0.811. The topological polar surface area (TPSA) is 35.2 Å². The molecule has 0 fully saturated rings. The van der Waals surface area contributed by atoms with Crippen LogP contribution in [0.2, 0.25) is 0 Å². The van der Waals surface area contributed by atoms with Gasteiger partial charge in [-0.2, -0.15) is 11.3 Å². The van der Waals surface area contributed by atoms with Crippen molar-refractivity contribution in [3.63, 3.8) is 0 Å². The molecule has 0 spiro atoms. The number of hydrogen-bond donors (Lipinski definition) is 1. The standard InChI is InChI=1S/C18H25NOS/c1-5-17(19)18(14-8-9-21-11-14)20-15-6-7-16(12(2)3)13(4)10-15/h6-12,17-18H,5,19H2,1-4H3. The molecule has 2 atom stereocenters. The van der Waals surface area contributed by atoms with Crippen LogP contribution in [0.15, 0.2) is 35.0 Å². The molecule has 0 aliphatic heterocycles. The predicted molar refractivity (Wildman–Crippen MR) is 91.2 cm³/mol. The number of aryl methyl sites for hydroxylation is 1. The number of hydrogen-bond acceptors (Lipinski definition) is 3. The van der Waals surface area contributed by atoms with Gasteiger partial charge in [0.05, 0.1) is 0 Å². The van der Waals surface area contributed by atoms with Crippen LogP contribution in [0, 0.1) is 6.92 Å². The van der Waals surface area contributed by atoms with Gasteiger partial charge in [0.25, 0.3) is 0 Å². The Morgan fingerprint density at radius 2 is 2.00 bits per heavy atom. The molecule has 0 bridgehead atoms. The number of thiophene rings is 1. The van der Waals surface area contributed by atoms with Gasteiger partial charge in [-0.3, -0.25) is 0 Å². The molecule has 2 N–H and O–H groups in total. The minimum atomic E-state index is -0.0782. The van der Waals surface area contributed by atoms with E-state index in [9.17, 15) is 0 Å². The summed E-state index contributed by atoms with van der Waals surface area (Å²) >= 11 is 1.68. The maximum atomic E-state index is 6.25. The Labute approximate surface area is 132 Å². The van der Waals surface area contributed by atoms with Gasteiger partial charge in [-0.15, -0.1) is 0 Å². The summed E-state index contributed by atoms with van der Waals surface area (Å²) in [7, 11) is 0. The van der Waals surface area contributed by atoms with E-state index in [1.807, 2.05) is 0 Å². The zero-order chi connectivity index (χ0) is 15.4. The Bertz CT molecular complexity index is 563. The average Bonchev–Trinajstić information content (AvgIpc) is 2.97. The van der Waals surface area contributed by atoms with Crippen molar-refractivity contribution >= 4 is 11.3 Å². The number of nitrogens with two attached hydrogens (primary N) is 1. The highest BCUT2D eigenvalue weighted by Gasteiger charge is 2.21. The lowest BCUT2D eigenvalue weighted by Crippen LogP contribution is -2.31. The smallest absolute Gasteiger partial charge is 0.140 e. The number of benzene rings is 1. The van der Waals surface area contributed by atoms with Crippen molar-refractivity contribution in [2.45, 2.75) is 52.2 Å². The average molecular weight is 303 g/mol. The van der Waals surface area contributed by atoms with Crippen LogP contribution in [0.3, 0.4) is 0 Å². The molecule has 0 aliphatic carbocycles. The van der Waals surface area contributed by atoms with Gasteiger partial charge in [0.1, 0.15) is 11.9 Å². The molecule has 3 heteroatoms. The zero-order valence-electron chi connectivity index (χ0n) is 13.3. The third kappa shape index (κ3) is 3.86. The molecule has 0 aliphatic rings. The fraction of sp³-hybridized carbons (Fsp3) is 0.444. The lowest BCUT2D eigenvalue weighted by molar-refractivity contribution is 0.171. The van der Waals surface area contributed by atoms with E-state index in [1.54, 1.807) is 11.3 Å². The first-order valence-electron chi connectivity index (χ1n) is 7.57. The summed E-state index contributed by atoms with van der Waals surface area (Å²) < 4.78 is 6.21. The molecule has 1 aromatic carbocycles. The molecule has 1 heterocycles. The Hall–Kier alpha value is -1.32. The second kappa shape index (κ2) is 7.10. The molecule has 0 saturated heterocycles. The first-order chi connectivity index (χ1) is 10.0. The molecular weight excluding hydrogens is 278 g/mol. The molecule has 2 unspecified atom stereocenters. The van der Waals surface area contributed by atoms with E-state index in [1.165, 1.54) is 16.7 Å². The van der Waals surface area contributed by atoms with Gasteiger partial charge in [0.2, 0.25) is 0 Å². The fourth-order valence-electron chi connectivity index (χ4n) is 2.57. The molecule has 0 amide bonds. The summed E-state index contributed by atoms with van der Waals surface area (Å²) in [4.78, 5) is 0. The van der Waals surface area contributed by atoms with Crippen LogP contribution in [0.1, 0.15) is 55.9 Å². The van der Waals surface area contributed by atoms with Gasteiger partial charge in [0, 0.05) is 11.6 Å². The summed E-state index contributed by atoms with van der Waals surface area (Å²) in [6.07, 6.45) is 0.814. The normalized spacial score (nSPS) is 14.2. The Morgan fingerprint density at radius 3 is 2.52 bits per heavy atom. The molecule has 1 aromatic heterocycles. The number of rotatable bonds is 6. The lowest BCUT2D eigenvalue weighted by atomic mass is 9.98. The largest absolute Gasteiger partial charge is 0.484 e. The van der Waals surface area contributed by atoms with Gasteiger partial charge in [-0.25, -0.2) is 0 Å². The molecule has 2 rings (SSSR count). The van der Waals surface area contributed by atoms with Gasteiger partial charge in [-0.05, 0) is 59.3 Å². The van der Waals surface area contributed by atoms with Crippen LogP contribution in [-0.2, 0) is 0 Å². The molecule has 0 saturated carbocycles. The van der Waals surface area contributed by atoms with E-state index in [-0.39, 0.29) is 12.1 Å². The first kappa shape index (κ1) is 16.1. The van der Waals surface area contributed by atoms with Crippen molar-refractivity contribution in [3.05, 3.63) is 51.7 Å². The summed E-state index contributed by atoms with van der Waals surface area (Å²) in [5.41, 5.74) is 10.1. The van der Waals surface area contributed by atoms with Crippen LogP contribution in [0.5, 0.6) is 5.75 Å². The zero-order valence-corrected chi connectivity index (χ0v) is 14.1. The second-order valence-corrected chi connectivity index (χ2v) is 6.62. The van der Waals surface area contributed by atoms with E-state index >= 15 is 0 Å².